The van der Waals surface area contributed by atoms with Crippen LogP contribution >= 0.6 is 11.6 Å². The highest BCUT2D eigenvalue weighted by Gasteiger charge is 2.26. The van der Waals surface area contributed by atoms with Crippen molar-refractivity contribution in [3.63, 3.8) is 0 Å². The highest BCUT2D eigenvalue weighted by atomic mass is 35.5. The fraction of sp³-hybridized carbons (Fsp3) is 0.318. The van der Waals surface area contributed by atoms with E-state index in [1.807, 2.05) is 0 Å². The van der Waals surface area contributed by atoms with Gasteiger partial charge in [-0.1, -0.05) is 49.7 Å². The third-order valence-electron chi connectivity index (χ3n) is 4.71. The van der Waals surface area contributed by atoms with E-state index in [0.29, 0.717) is 17.3 Å². The molecule has 162 valence electrons. The molecular formula is C22H28ClN3O3S. The number of halogens is 1. The average molecular weight is 450 g/mol. The molecule has 0 saturated carbocycles. The number of carbonyl (C=O) groups excluding carboxylic acids is 1. The predicted octanol–water partition coefficient (Wildman–Crippen LogP) is 3.79. The Morgan fingerprint density at radius 1 is 1.13 bits per heavy atom. The number of hydrogen-bond donors (Lipinski definition) is 1. The molecule has 2 rings (SSSR count). The first-order chi connectivity index (χ1) is 14.3. The lowest BCUT2D eigenvalue weighted by atomic mass is 10.2. The number of sulfonamides is 1. The molecule has 0 saturated heterocycles. The van der Waals surface area contributed by atoms with Gasteiger partial charge in [0.1, 0.15) is 0 Å². The van der Waals surface area contributed by atoms with Crippen molar-refractivity contribution in [2.24, 2.45) is 0 Å². The Balaban J connectivity index is 2.27. The first-order valence-electron chi connectivity index (χ1n) is 9.83. The monoisotopic (exact) mass is 449 g/mol. The van der Waals surface area contributed by atoms with Crippen molar-refractivity contribution in [2.45, 2.75) is 18.7 Å². The minimum absolute atomic E-state index is 0.0145. The normalized spacial score (nSPS) is 11.3. The minimum atomic E-state index is -3.95. The van der Waals surface area contributed by atoms with Gasteiger partial charge in [-0.15, -0.1) is 6.58 Å². The minimum Gasteiger partial charge on any atom is -0.351 e. The molecule has 6 nitrogen and oxygen atoms in total. The van der Waals surface area contributed by atoms with Gasteiger partial charge in [0.05, 0.1) is 22.2 Å². The van der Waals surface area contributed by atoms with Crippen LogP contribution in [-0.2, 0) is 10.0 Å². The Bertz CT molecular complexity index is 975. The van der Waals surface area contributed by atoms with Crippen LogP contribution < -0.4 is 9.62 Å². The van der Waals surface area contributed by atoms with Crippen LogP contribution in [0.25, 0.3) is 0 Å². The average Bonchev–Trinajstić information content (AvgIpc) is 2.75. The number of rotatable bonds is 11. The van der Waals surface area contributed by atoms with Crippen LogP contribution in [-0.4, -0.2) is 51.9 Å². The zero-order chi connectivity index (χ0) is 22.1. The maximum absolute atomic E-state index is 13.3. The van der Waals surface area contributed by atoms with Crippen LogP contribution in [0.3, 0.4) is 0 Å². The molecule has 2 aromatic rings. The summed E-state index contributed by atoms with van der Waals surface area (Å²) in [5, 5.41) is 3.16. The molecule has 0 aliphatic carbocycles. The molecule has 2 aromatic carbocycles. The summed E-state index contributed by atoms with van der Waals surface area (Å²) in [6.07, 6.45) is 1.49. The Morgan fingerprint density at radius 2 is 1.83 bits per heavy atom. The van der Waals surface area contributed by atoms with Crippen molar-refractivity contribution in [1.82, 2.24) is 10.2 Å². The molecule has 8 heteroatoms. The molecule has 0 heterocycles. The standard InChI is InChI=1S/C22H28ClN3O3S/c1-4-15-26(21-13-8-7-12-20(21)23)30(28,29)19-11-9-10-18(17-19)22(27)24-14-16-25(5-2)6-3/h4,7-13,17H,1,5-6,14-16H2,2-3H3,(H,24,27). The highest BCUT2D eigenvalue weighted by Crippen LogP contribution is 2.30. The zero-order valence-electron chi connectivity index (χ0n) is 17.3. The molecule has 1 N–H and O–H groups in total. The topological polar surface area (TPSA) is 69.7 Å². The molecule has 0 radical (unpaired) electrons. The van der Waals surface area contributed by atoms with Gasteiger partial charge >= 0.3 is 0 Å². The van der Waals surface area contributed by atoms with Crippen LogP contribution in [0.1, 0.15) is 24.2 Å². The van der Waals surface area contributed by atoms with Crippen molar-refractivity contribution in [2.75, 3.05) is 37.0 Å². The lowest BCUT2D eigenvalue weighted by Crippen LogP contribution is -2.35. The zero-order valence-corrected chi connectivity index (χ0v) is 18.9. The van der Waals surface area contributed by atoms with Crippen LogP contribution in [0.2, 0.25) is 5.02 Å². The van der Waals surface area contributed by atoms with E-state index >= 15 is 0 Å². The summed E-state index contributed by atoms with van der Waals surface area (Å²) in [6, 6.07) is 12.7. The lowest BCUT2D eigenvalue weighted by Gasteiger charge is -2.24. The number of amides is 1. The van der Waals surface area contributed by atoms with Crippen molar-refractivity contribution in [3.8, 4) is 0 Å². The second kappa shape index (κ2) is 11.2. The van der Waals surface area contributed by atoms with Gasteiger partial charge in [-0.3, -0.25) is 9.10 Å². The fourth-order valence-corrected chi connectivity index (χ4v) is 4.78. The van der Waals surface area contributed by atoms with Crippen molar-refractivity contribution < 1.29 is 13.2 Å². The highest BCUT2D eigenvalue weighted by molar-refractivity contribution is 7.92. The second-order valence-electron chi connectivity index (χ2n) is 6.59. The second-order valence-corrected chi connectivity index (χ2v) is 8.86. The number of anilines is 1. The van der Waals surface area contributed by atoms with E-state index in [2.05, 4.69) is 30.6 Å². The summed E-state index contributed by atoms with van der Waals surface area (Å²) in [6.45, 7) is 10.9. The first-order valence-corrected chi connectivity index (χ1v) is 11.7. The van der Waals surface area contributed by atoms with Gasteiger partial charge in [-0.25, -0.2) is 8.42 Å². The number of carbonyl (C=O) groups is 1. The maximum Gasteiger partial charge on any atom is 0.264 e. The van der Waals surface area contributed by atoms with Crippen LogP contribution in [0, 0.1) is 0 Å². The van der Waals surface area contributed by atoms with Crippen LogP contribution in [0.4, 0.5) is 5.69 Å². The summed E-state index contributed by atoms with van der Waals surface area (Å²) in [5.41, 5.74) is 0.640. The molecule has 0 spiro atoms. The molecule has 0 atom stereocenters. The number of benzene rings is 2. The number of nitrogens with one attached hydrogen (secondary N) is 1. The van der Waals surface area contributed by atoms with Crippen molar-refractivity contribution in [1.29, 1.82) is 0 Å². The Kier molecular flexibility index (Phi) is 8.89. The van der Waals surface area contributed by atoms with Gasteiger partial charge in [-0.2, -0.15) is 0 Å². The quantitative estimate of drug-likeness (QED) is 0.530. The largest absolute Gasteiger partial charge is 0.351 e. The smallest absolute Gasteiger partial charge is 0.264 e. The molecule has 0 unspecified atom stereocenters. The molecule has 0 bridgehead atoms. The summed E-state index contributed by atoms with van der Waals surface area (Å²) in [5.74, 6) is -0.313. The van der Waals surface area contributed by atoms with Crippen molar-refractivity contribution >= 4 is 33.2 Å². The van der Waals surface area contributed by atoms with Gasteiger partial charge < -0.3 is 10.2 Å². The Hall–Kier alpha value is -2.35. The molecule has 30 heavy (non-hydrogen) atoms. The number of likely N-dealkylation sites (N-methyl/N-ethyl adjacent to an activating group) is 1. The van der Waals surface area contributed by atoms with Gasteiger partial charge in [0, 0.05) is 18.7 Å². The van der Waals surface area contributed by atoms with Gasteiger partial charge in [-0.05, 0) is 43.4 Å². The van der Waals surface area contributed by atoms with E-state index in [-0.39, 0.29) is 22.9 Å². The fourth-order valence-electron chi connectivity index (χ4n) is 2.99. The van der Waals surface area contributed by atoms with Gasteiger partial charge in [0.2, 0.25) is 0 Å². The number of nitrogens with zero attached hydrogens (tertiary/aromatic N) is 2. The van der Waals surface area contributed by atoms with E-state index in [9.17, 15) is 13.2 Å². The predicted molar refractivity (Wildman–Crippen MR) is 123 cm³/mol. The molecule has 0 aliphatic rings. The van der Waals surface area contributed by atoms with Crippen LogP contribution in [0.5, 0.6) is 0 Å². The molecule has 1 amide bonds. The molecule has 0 fully saturated rings. The summed E-state index contributed by atoms with van der Waals surface area (Å²) >= 11 is 6.23. The van der Waals surface area contributed by atoms with E-state index in [1.54, 1.807) is 36.4 Å². The SMILES string of the molecule is C=CCN(c1ccccc1Cl)S(=O)(=O)c1cccc(C(=O)NCCN(CC)CC)c1. The van der Waals surface area contributed by atoms with E-state index in [0.717, 1.165) is 19.6 Å². The first kappa shape index (κ1) is 23.9. The lowest BCUT2D eigenvalue weighted by molar-refractivity contribution is 0.0948. The van der Waals surface area contributed by atoms with E-state index in [1.165, 1.54) is 22.5 Å². The Morgan fingerprint density at radius 3 is 2.47 bits per heavy atom. The Labute approximate surface area is 184 Å². The number of hydrogen-bond acceptors (Lipinski definition) is 4. The van der Waals surface area contributed by atoms with E-state index in [4.69, 9.17) is 11.6 Å². The summed E-state index contributed by atoms with van der Waals surface area (Å²) < 4.78 is 27.8. The van der Waals surface area contributed by atoms with Gasteiger partial charge in [0.15, 0.2) is 0 Å². The third-order valence-corrected chi connectivity index (χ3v) is 6.80. The van der Waals surface area contributed by atoms with Crippen LogP contribution in [0.15, 0.2) is 66.1 Å². The molecule has 0 aliphatic heterocycles. The number of para-hydroxylation sites is 1. The van der Waals surface area contributed by atoms with Crippen molar-refractivity contribution in [3.05, 3.63) is 71.8 Å². The maximum atomic E-state index is 13.3. The van der Waals surface area contributed by atoms with E-state index < -0.39 is 10.0 Å². The summed E-state index contributed by atoms with van der Waals surface area (Å²) in [4.78, 5) is 14.7. The summed E-state index contributed by atoms with van der Waals surface area (Å²) in [7, 11) is -3.95. The van der Waals surface area contributed by atoms with Gasteiger partial charge in [0.25, 0.3) is 15.9 Å². The molecular weight excluding hydrogens is 422 g/mol. The third kappa shape index (κ3) is 5.84. The molecule has 0 aromatic heterocycles.